The Morgan fingerprint density at radius 2 is 1.86 bits per heavy atom. The molecule has 0 radical (unpaired) electrons. The summed E-state index contributed by atoms with van der Waals surface area (Å²) in [6.45, 7) is 6.17. The lowest BCUT2D eigenvalue weighted by molar-refractivity contribution is 0.0524. The molecule has 4 heteroatoms. The van der Waals surface area contributed by atoms with Gasteiger partial charge in [-0.05, 0) is 37.1 Å². The first-order valence-corrected chi connectivity index (χ1v) is 7.34. The van der Waals surface area contributed by atoms with Gasteiger partial charge in [0.25, 0.3) is 0 Å². The topological polar surface area (TPSA) is 39.2 Å². The maximum Gasteiger partial charge on any atom is 0.339 e. The van der Waals surface area contributed by atoms with Crippen molar-refractivity contribution in [3.63, 3.8) is 0 Å². The molecule has 0 bridgehead atoms. The van der Waals surface area contributed by atoms with E-state index < -0.39 is 0 Å². The SMILES string of the molecule is CCOC(=O)c1ccc(-c2ccc(Cl)cc2)nc1C(C)C. The molecular weight excluding hydrogens is 286 g/mol. The fourth-order valence-electron chi connectivity index (χ4n) is 2.08. The lowest BCUT2D eigenvalue weighted by atomic mass is 10.0. The lowest BCUT2D eigenvalue weighted by Crippen LogP contribution is -2.11. The number of aromatic nitrogens is 1. The van der Waals surface area contributed by atoms with E-state index in [0.29, 0.717) is 17.2 Å². The summed E-state index contributed by atoms with van der Waals surface area (Å²) in [5.41, 5.74) is 3.07. The van der Waals surface area contributed by atoms with E-state index in [1.54, 1.807) is 13.0 Å². The van der Waals surface area contributed by atoms with Crippen LogP contribution in [0.4, 0.5) is 0 Å². The molecule has 0 aliphatic heterocycles. The molecule has 0 unspecified atom stereocenters. The van der Waals surface area contributed by atoms with Gasteiger partial charge in [-0.2, -0.15) is 0 Å². The predicted octanol–water partition coefficient (Wildman–Crippen LogP) is 4.70. The summed E-state index contributed by atoms with van der Waals surface area (Å²) < 4.78 is 5.08. The minimum atomic E-state index is -0.323. The highest BCUT2D eigenvalue weighted by Gasteiger charge is 2.17. The van der Waals surface area contributed by atoms with E-state index in [0.717, 1.165) is 17.0 Å². The van der Waals surface area contributed by atoms with Crippen LogP contribution < -0.4 is 0 Å². The number of halogens is 1. The second-order valence-corrected chi connectivity index (χ2v) is 5.45. The standard InChI is InChI=1S/C17H18ClNO2/c1-4-21-17(20)14-9-10-15(19-16(14)11(2)3)12-5-7-13(18)8-6-12/h5-11H,4H2,1-3H3. The van der Waals surface area contributed by atoms with Crippen molar-refractivity contribution in [2.45, 2.75) is 26.7 Å². The van der Waals surface area contributed by atoms with Crippen molar-refractivity contribution in [3.05, 3.63) is 52.7 Å². The third-order valence-corrected chi connectivity index (χ3v) is 3.36. The maximum atomic E-state index is 12.0. The summed E-state index contributed by atoms with van der Waals surface area (Å²) >= 11 is 5.90. The van der Waals surface area contributed by atoms with Gasteiger partial charge in [0.2, 0.25) is 0 Å². The van der Waals surface area contributed by atoms with E-state index in [1.807, 2.05) is 44.2 Å². The third kappa shape index (κ3) is 3.61. The van der Waals surface area contributed by atoms with Crippen molar-refractivity contribution in [1.82, 2.24) is 4.98 Å². The van der Waals surface area contributed by atoms with Crippen LogP contribution in [-0.2, 0) is 4.74 Å². The summed E-state index contributed by atoms with van der Waals surface area (Å²) in [5, 5.41) is 0.686. The number of carbonyl (C=O) groups is 1. The van der Waals surface area contributed by atoms with Crippen molar-refractivity contribution in [3.8, 4) is 11.3 Å². The Morgan fingerprint density at radius 1 is 1.19 bits per heavy atom. The summed E-state index contributed by atoms with van der Waals surface area (Å²) in [4.78, 5) is 16.6. The Hall–Kier alpha value is -1.87. The Labute approximate surface area is 129 Å². The van der Waals surface area contributed by atoms with Gasteiger partial charge in [0.05, 0.1) is 23.6 Å². The minimum absolute atomic E-state index is 0.136. The van der Waals surface area contributed by atoms with Crippen LogP contribution in [-0.4, -0.2) is 17.6 Å². The van der Waals surface area contributed by atoms with Crippen LogP contribution in [0.1, 0.15) is 42.7 Å². The molecule has 3 nitrogen and oxygen atoms in total. The zero-order valence-electron chi connectivity index (χ0n) is 12.4. The first-order valence-electron chi connectivity index (χ1n) is 6.97. The summed E-state index contributed by atoms with van der Waals surface area (Å²) in [5.74, 6) is -0.187. The van der Waals surface area contributed by atoms with Crippen LogP contribution in [0.3, 0.4) is 0 Å². The van der Waals surface area contributed by atoms with Crippen molar-refractivity contribution in [2.75, 3.05) is 6.61 Å². The van der Waals surface area contributed by atoms with Crippen LogP contribution in [0.5, 0.6) is 0 Å². The molecule has 2 aromatic rings. The zero-order valence-corrected chi connectivity index (χ0v) is 13.1. The molecule has 110 valence electrons. The highest BCUT2D eigenvalue weighted by atomic mass is 35.5. The third-order valence-electron chi connectivity index (χ3n) is 3.11. The van der Waals surface area contributed by atoms with Gasteiger partial charge in [0, 0.05) is 10.6 Å². The first kappa shape index (κ1) is 15.5. The monoisotopic (exact) mass is 303 g/mol. The zero-order chi connectivity index (χ0) is 15.4. The minimum Gasteiger partial charge on any atom is -0.462 e. The van der Waals surface area contributed by atoms with Crippen LogP contribution in [0.25, 0.3) is 11.3 Å². The number of ether oxygens (including phenoxy) is 1. The Bertz CT molecular complexity index is 636. The lowest BCUT2D eigenvalue weighted by Gasteiger charge is -2.13. The number of benzene rings is 1. The summed E-state index contributed by atoms with van der Waals surface area (Å²) in [6, 6.07) is 11.1. The summed E-state index contributed by atoms with van der Waals surface area (Å²) in [7, 11) is 0. The number of hydrogen-bond donors (Lipinski definition) is 0. The molecule has 0 amide bonds. The van der Waals surface area contributed by atoms with E-state index >= 15 is 0 Å². The Balaban J connectivity index is 2.45. The predicted molar refractivity (Wildman–Crippen MR) is 84.7 cm³/mol. The normalized spacial score (nSPS) is 10.7. The average Bonchev–Trinajstić information content (AvgIpc) is 2.47. The molecule has 1 aromatic heterocycles. The van der Waals surface area contributed by atoms with E-state index in [4.69, 9.17) is 16.3 Å². The van der Waals surface area contributed by atoms with Crippen LogP contribution in [0.2, 0.25) is 5.02 Å². The first-order chi connectivity index (χ1) is 10.0. The fraction of sp³-hybridized carbons (Fsp3) is 0.294. The van der Waals surface area contributed by atoms with Crippen molar-refractivity contribution in [2.24, 2.45) is 0 Å². The second-order valence-electron chi connectivity index (χ2n) is 5.01. The number of nitrogens with zero attached hydrogens (tertiary/aromatic N) is 1. The highest BCUT2D eigenvalue weighted by molar-refractivity contribution is 6.30. The number of pyridine rings is 1. The number of rotatable bonds is 4. The molecule has 0 spiro atoms. The molecule has 0 aliphatic carbocycles. The van der Waals surface area contributed by atoms with Gasteiger partial charge in [0.1, 0.15) is 0 Å². The van der Waals surface area contributed by atoms with Crippen LogP contribution in [0, 0.1) is 0 Å². The van der Waals surface area contributed by atoms with Crippen molar-refractivity contribution in [1.29, 1.82) is 0 Å². The molecule has 21 heavy (non-hydrogen) atoms. The molecule has 1 aromatic carbocycles. The van der Waals surface area contributed by atoms with Crippen LogP contribution in [0.15, 0.2) is 36.4 Å². The summed E-state index contributed by atoms with van der Waals surface area (Å²) in [6.07, 6.45) is 0. The largest absolute Gasteiger partial charge is 0.462 e. The molecule has 1 heterocycles. The number of esters is 1. The average molecular weight is 304 g/mol. The molecule has 0 saturated carbocycles. The molecule has 0 atom stereocenters. The Kier molecular flexibility index (Phi) is 4.97. The Morgan fingerprint density at radius 3 is 2.43 bits per heavy atom. The van der Waals surface area contributed by atoms with Gasteiger partial charge in [-0.3, -0.25) is 4.98 Å². The molecule has 0 saturated heterocycles. The quantitative estimate of drug-likeness (QED) is 0.768. The van der Waals surface area contributed by atoms with Gasteiger partial charge in [0.15, 0.2) is 0 Å². The smallest absolute Gasteiger partial charge is 0.339 e. The van der Waals surface area contributed by atoms with Gasteiger partial charge in [-0.1, -0.05) is 37.6 Å². The van der Waals surface area contributed by atoms with Gasteiger partial charge in [-0.15, -0.1) is 0 Å². The van der Waals surface area contributed by atoms with Gasteiger partial charge in [-0.25, -0.2) is 4.79 Å². The maximum absolute atomic E-state index is 12.0. The molecule has 0 N–H and O–H groups in total. The molecule has 0 fully saturated rings. The van der Waals surface area contributed by atoms with E-state index in [-0.39, 0.29) is 11.9 Å². The molecular formula is C17H18ClNO2. The fourth-order valence-corrected chi connectivity index (χ4v) is 2.20. The van der Waals surface area contributed by atoms with Crippen molar-refractivity contribution < 1.29 is 9.53 Å². The van der Waals surface area contributed by atoms with Gasteiger partial charge < -0.3 is 4.74 Å². The molecule has 0 aliphatic rings. The van der Waals surface area contributed by atoms with Gasteiger partial charge >= 0.3 is 5.97 Å². The highest BCUT2D eigenvalue weighted by Crippen LogP contribution is 2.25. The number of carbonyl (C=O) groups excluding carboxylic acids is 1. The van der Waals surface area contributed by atoms with E-state index in [1.165, 1.54) is 0 Å². The molecule has 2 rings (SSSR count). The van der Waals surface area contributed by atoms with Crippen LogP contribution >= 0.6 is 11.6 Å². The van der Waals surface area contributed by atoms with Crippen molar-refractivity contribution >= 4 is 17.6 Å². The van der Waals surface area contributed by atoms with E-state index in [2.05, 4.69) is 4.98 Å². The van der Waals surface area contributed by atoms with E-state index in [9.17, 15) is 4.79 Å². The number of hydrogen-bond acceptors (Lipinski definition) is 3. The second kappa shape index (κ2) is 6.72.